The first-order valence-electron chi connectivity index (χ1n) is 8.55. The van der Waals surface area contributed by atoms with Gasteiger partial charge in [-0.05, 0) is 54.5 Å². The maximum atomic E-state index is 11.4. The van der Waals surface area contributed by atoms with Crippen LogP contribution in [0.4, 0.5) is 5.69 Å². The van der Waals surface area contributed by atoms with Crippen molar-refractivity contribution in [2.24, 2.45) is 5.73 Å². The van der Waals surface area contributed by atoms with Crippen molar-refractivity contribution in [1.29, 1.82) is 0 Å². The topological polar surface area (TPSA) is 64.3 Å². The number of anilines is 1. The van der Waals surface area contributed by atoms with E-state index >= 15 is 0 Å². The third-order valence-electron chi connectivity index (χ3n) is 5.11. The lowest BCUT2D eigenvalue weighted by Gasteiger charge is -2.45. The van der Waals surface area contributed by atoms with Gasteiger partial charge >= 0.3 is 0 Å². The van der Waals surface area contributed by atoms with Crippen molar-refractivity contribution >= 4 is 22.9 Å². The molecule has 3 N–H and O–H groups in total. The average molecular weight is 342 g/mol. The molecule has 1 aliphatic heterocycles. The zero-order valence-electron chi connectivity index (χ0n) is 13.8. The number of amides is 1. The fraction of sp³-hybridized carbons (Fsp3) is 0.421. The second-order valence-electron chi connectivity index (χ2n) is 6.78. The Kier molecular flexibility index (Phi) is 3.85. The molecule has 1 aromatic carbocycles. The summed E-state index contributed by atoms with van der Waals surface area (Å²) in [5.41, 5.74) is 9.80. The van der Waals surface area contributed by atoms with Gasteiger partial charge in [-0.15, -0.1) is 11.3 Å². The van der Waals surface area contributed by atoms with Gasteiger partial charge in [0.25, 0.3) is 5.91 Å². The normalized spacial score (nSPS) is 22.0. The first kappa shape index (κ1) is 15.7. The highest BCUT2D eigenvalue weighted by molar-refractivity contribution is 7.12. The van der Waals surface area contributed by atoms with Crippen molar-refractivity contribution in [2.75, 3.05) is 5.32 Å². The van der Waals surface area contributed by atoms with Gasteiger partial charge in [0.1, 0.15) is 6.23 Å². The predicted molar refractivity (Wildman–Crippen MR) is 97.2 cm³/mol. The number of benzene rings is 1. The first-order valence-corrected chi connectivity index (χ1v) is 9.43. The molecule has 0 radical (unpaired) electrons. The highest BCUT2D eigenvalue weighted by Gasteiger charge is 2.41. The number of carbonyl (C=O) groups excluding carboxylic acids is 1. The molecular weight excluding hydrogens is 320 g/mol. The molecule has 0 bridgehead atoms. The molecule has 2 heterocycles. The van der Waals surface area contributed by atoms with Crippen LogP contribution in [0.1, 0.15) is 54.3 Å². The smallest absolute Gasteiger partial charge is 0.258 e. The minimum absolute atomic E-state index is 0.0315. The lowest BCUT2D eigenvalue weighted by atomic mass is 9.77. The van der Waals surface area contributed by atoms with E-state index in [1.807, 2.05) is 11.4 Å². The molecule has 2 aromatic rings. The van der Waals surface area contributed by atoms with Gasteiger partial charge < -0.3 is 15.8 Å². The summed E-state index contributed by atoms with van der Waals surface area (Å²) >= 11 is 1.40. The summed E-state index contributed by atoms with van der Waals surface area (Å²) in [5, 5.41) is 5.43. The number of ether oxygens (including phenoxy) is 1. The molecule has 1 spiro atoms. The average Bonchev–Trinajstić information content (AvgIpc) is 3.05. The number of carbonyl (C=O) groups is 1. The van der Waals surface area contributed by atoms with E-state index in [4.69, 9.17) is 10.5 Å². The number of nitrogens with one attached hydrogen (secondary N) is 1. The Bertz CT molecular complexity index is 777. The van der Waals surface area contributed by atoms with Gasteiger partial charge in [-0.2, -0.15) is 0 Å². The third-order valence-corrected chi connectivity index (χ3v) is 6.05. The van der Waals surface area contributed by atoms with Crippen molar-refractivity contribution in [3.63, 3.8) is 0 Å². The van der Waals surface area contributed by atoms with Crippen molar-refractivity contribution < 1.29 is 9.53 Å². The minimum atomic E-state index is -0.369. The maximum absolute atomic E-state index is 11.4. The van der Waals surface area contributed by atoms with Crippen molar-refractivity contribution in [3.8, 4) is 11.1 Å². The van der Waals surface area contributed by atoms with Crippen LogP contribution < -0.4 is 11.1 Å². The second kappa shape index (κ2) is 5.90. The van der Waals surface area contributed by atoms with Gasteiger partial charge in [0, 0.05) is 11.3 Å². The summed E-state index contributed by atoms with van der Waals surface area (Å²) < 4.78 is 6.39. The Hall–Kier alpha value is -1.85. The standard InChI is InChI=1S/C19H22N2O2S/c1-12-21-16-6-5-13(14-10-17(18(20)22)24-11-14)9-15(16)19(23-12)7-3-2-4-8-19/h5-6,9-12,21H,2-4,7-8H2,1H3,(H2,20,22). The number of fused-ring (bicyclic) bond motifs is 2. The molecule has 5 heteroatoms. The molecule has 1 unspecified atom stereocenters. The summed E-state index contributed by atoms with van der Waals surface area (Å²) in [5.74, 6) is -0.369. The molecule has 1 aliphatic carbocycles. The molecular formula is C19H22N2O2S. The molecule has 126 valence electrons. The molecule has 1 fully saturated rings. The van der Waals surface area contributed by atoms with Crippen molar-refractivity contribution in [1.82, 2.24) is 0 Å². The van der Waals surface area contributed by atoms with Crippen LogP contribution in [0.2, 0.25) is 0 Å². The number of primary amides is 1. The van der Waals surface area contributed by atoms with Crippen LogP contribution in [0.25, 0.3) is 11.1 Å². The minimum Gasteiger partial charge on any atom is -0.365 e. The molecule has 1 saturated carbocycles. The Labute approximate surface area is 146 Å². The van der Waals surface area contributed by atoms with E-state index in [2.05, 4.69) is 30.4 Å². The first-order chi connectivity index (χ1) is 11.6. The molecule has 1 atom stereocenters. The predicted octanol–water partition coefficient (Wildman–Crippen LogP) is 4.46. The summed E-state index contributed by atoms with van der Waals surface area (Å²) in [4.78, 5) is 12.0. The van der Waals surface area contributed by atoms with Crippen LogP contribution >= 0.6 is 11.3 Å². The van der Waals surface area contributed by atoms with E-state index in [0.717, 1.165) is 24.0 Å². The van der Waals surface area contributed by atoms with Crippen molar-refractivity contribution in [2.45, 2.75) is 50.9 Å². The zero-order chi connectivity index (χ0) is 16.7. The number of nitrogens with two attached hydrogens (primary N) is 1. The van der Waals surface area contributed by atoms with Gasteiger partial charge in [-0.1, -0.05) is 25.3 Å². The zero-order valence-corrected chi connectivity index (χ0v) is 14.6. The molecule has 4 rings (SSSR count). The second-order valence-corrected chi connectivity index (χ2v) is 7.69. The summed E-state index contributed by atoms with van der Waals surface area (Å²) in [6, 6.07) is 8.35. The Balaban J connectivity index is 1.77. The van der Waals surface area contributed by atoms with Crippen LogP contribution in [0.3, 0.4) is 0 Å². The number of rotatable bonds is 2. The van der Waals surface area contributed by atoms with E-state index in [1.165, 1.54) is 41.9 Å². The fourth-order valence-electron chi connectivity index (χ4n) is 4.00. The fourth-order valence-corrected chi connectivity index (χ4v) is 4.77. The van der Waals surface area contributed by atoms with E-state index in [-0.39, 0.29) is 17.7 Å². The highest BCUT2D eigenvalue weighted by atomic mass is 32.1. The van der Waals surface area contributed by atoms with E-state index in [1.54, 1.807) is 0 Å². The lowest BCUT2D eigenvalue weighted by Crippen LogP contribution is -2.42. The summed E-state index contributed by atoms with van der Waals surface area (Å²) in [7, 11) is 0. The largest absolute Gasteiger partial charge is 0.365 e. The summed E-state index contributed by atoms with van der Waals surface area (Å²) in [6.07, 6.45) is 5.89. The maximum Gasteiger partial charge on any atom is 0.258 e. The monoisotopic (exact) mass is 342 g/mol. The Morgan fingerprint density at radius 2 is 2.04 bits per heavy atom. The molecule has 4 nitrogen and oxygen atoms in total. The van der Waals surface area contributed by atoms with Crippen LogP contribution in [0.5, 0.6) is 0 Å². The third kappa shape index (κ3) is 2.62. The Morgan fingerprint density at radius 1 is 1.25 bits per heavy atom. The van der Waals surface area contributed by atoms with Gasteiger partial charge in [0.2, 0.25) is 0 Å². The van der Waals surface area contributed by atoms with Crippen LogP contribution in [0.15, 0.2) is 29.6 Å². The molecule has 2 aliphatic rings. The SMILES string of the molecule is CC1Nc2ccc(-c3csc(C(N)=O)c3)cc2C2(CCCCC2)O1. The van der Waals surface area contributed by atoms with E-state index < -0.39 is 0 Å². The highest BCUT2D eigenvalue weighted by Crippen LogP contribution is 2.48. The van der Waals surface area contributed by atoms with Gasteiger partial charge in [-0.25, -0.2) is 0 Å². The van der Waals surface area contributed by atoms with Crippen molar-refractivity contribution in [3.05, 3.63) is 40.1 Å². The van der Waals surface area contributed by atoms with Gasteiger partial charge in [0.15, 0.2) is 0 Å². The molecule has 1 aromatic heterocycles. The molecule has 1 amide bonds. The van der Waals surface area contributed by atoms with Gasteiger partial charge in [-0.3, -0.25) is 4.79 Å². The molecule has 0 saturated heterocycles. The number of hydrogen-bond acceptors (Lipinski definition) is 4. The lowest BCUT2D eigenvalue weighted by molar-refractivity contribution is -0.110. The van der Waals surface area contributed by atoms with Gasteiger partial charge in [0.05, 0.1) is 10.5 Å². The van der Waals surface area contributed by atoms with E-state index in [0.29, 0.717) is 4.88 Å². The quantitative estimate of drug-likeness (QED) is 0.847. The number of thiophene rings is 1. The Morgan fingerprint density at radius 3 is 2.75 bits per heavy atom. The molecule has 24 heavy (non-hydrogen) atoms. The van der Waals surface area contributed by atoms with E-state index in [9.17, 15) is 4.79 Å². The number of hydrogen-bond donors (Lipinski definition) is 2. The summed E-state index contributed by atoms with van der Waals surface area (Å²) in [6.45, 7) is 2.07. The van der Waals surface area contributed by atoms with Crippen LogP contribution in [-0.4, -0.2) is 12.1 Å². The van der Waals surface area contributed by atoms with Crippen LogP contribution in [0, 0.1) is 0 Å². The van der Waals surface area contributed by atoms with Crippen LogP contribution in [-0.2, 0) is 10.3 Å².